The molecule has 0 radical (unpaired) electrons. The highest BCUT2D eigenvalue weighted by molar-refractivity contribution is 5.91. The van der Waals surface area contributed by atoms with Gasteiger partial charge in [0.05, 0.1) is 5.56 Å². The van der Waals surface area contributed by atoms with Gasteiger partial charge in [-0.3, -0.25) is 0 Å². The average Bonchev–Trinajstić information content (AvgIpc) is 2.94. The number of aryl methyl sites for hydroxylation is 1. The SMILES string of the molecule is CCN1CCC2=C(c3ccc(C(=O)O)cc3)c3cc(C)ccc3C2C1. The molecule has 2 aliphatic rings. The number of hydrogen-bond acceptors (Lipinski definition) is 2. The number of carbonyl (C=O) groups is 1. The molecule has 0 amide bonds. The quantitative estimate of drug-likeness (QED) is 0.909. The van der Waals surface area contributed by atoms with E-state index in [0.29, 0.717) is 11.5 Å². The van der Waals surface area contributed by atoms with Crippen molar-refractivity contribution in [1.82, 2.24) is 4.90 Å². The van der Waals surface area contributed by atoms with Gasteiger partial charge in [0.1, 0.15) is 0 Å². The number of nitrogens with zero attached hydrogens (tertiary/aromatic N) is 1. The minimum Gasteiger partial charge on any atom is -0.478 e. The predicted molar refractivity (Wildman–Crippen MR) is 100 cm³/mol. The number of carboxylic acid groups (broad SMARTS) is 1. The van der Waals surface area contributed by atoms with Gasteiger partial charge in [0.2, 0.25) is 0 Å². The Balaban J connectivity index is 1.84. The van der Waals surface area contributed by atoms with Gasteiger partial charge in [-0.2, -0.15) is 0 Å². The second-order valence-electron chi connectivity index (χ2n) is 7.07. The van der Waals surface area contributed by atoms with Crippen molar-refractivity contribution in [2.45, 2.75) is 26.2 Å². The number of rotatable bonds is 3. The highest BCUT2D eigenvalue weighted by Crippen LogP contribution is 2.48. The van der Waals surface area contributed by atoms with E-state index in [0.717, 1.165) is 31.6 Å². The molecule has 1 aliphatic heterocycles. The number of aromatic carboxylic acids is 1. The molecule has 1 saturated heterocycles. The van der Waals surface area contributed by atoms with Crippen LogP contribution in [0.3, 0.4) is 0 Å². The fraction of sp³-hybridized carbons (Fsp3) is 0.318. The molecule has 128 valence electrons. The topological polar surface area (TPSA) is 40.5 Å². The molecule has 2 aromatic rings. The molecular weight excluding hydrogens is 310 g/mol. The zero-order valence-corrected chi connectivity index (χ0v) is 14.7. The first-order valence-electron chi connectivity index (χ1n) is 8.98. The molecule has 3 nitrogen and oxygen atoms in total. The van der Waals surface area contributed by atoms with Gasteiger partial charge in [0, 0.05) is 19.0 Å². The van der Waals surface area contributed by atoms with Crippen molar-refractivity contribution in [2.24, 2.45) is 0 Å². The number of hydrogen-bond donors (Lipinski definition) is 1. The number of piperidine rings is 1. The number of benzene rings is 2. The summed E-state index contributed by atoms with van der Waals surface area (Å²) in [6, 6.07) is 14.1. The molecule has 25 heavy (non-hydrogen) atoms. The Labute approximate surface area is 148 Å². The van der Waals surface area contributed by atoms with Crippen LogP contribution in [0.15, 0.2) is 48.0 Å². The summed E-state index contributed by atoms with van der Waals surface area (Å²) in [4.78, 5) is 13.7. The number of carboxylic acids is 1. The van der Waals surface area contributed by atoms with E-state index in [4.69, 9.17) is 5.11 Å². The summed E-state index contributed by atoms with van der Waals surface area (Å²) in [5.41, 5.74) is 8.36. The Bertz CT molecular complexity index is 864. The van der Waals surface area contributed by atoms with Crippen molar-refractivity contribution >= 4 is 11.5 Å². The molecule has 0 saturated carbocycles. The van der Waals surface area contributed by atoms with Crippen LogP contribution in [-0.4, -0.2) is 35.6 Å². The highest BCUT2D eigenvalue weighted by Gasteiger charge is 2.35. The maximum Gasteiger partial charge on any atom is 0.335 e. The Hall–Kier alpha value is -2.39. The minimum atomic E-state index is -0.874. The molecule has 2 aromatic carbocycles. The first-order valence-corrected chi connectivity index (χ1v) is 8.98. The Kier molecular flexibility index (Phi) is 3.97. The van der Waals surface area contributed by atoms with Gasteiger partial charge in [-0.05, 0) is 54.3 Å². The molecule has 0 bridgehead atoms. The van der Waals surface area contributed by atoms with Crippen LogP contribution >= 0.6 is 0 Å². The van der Waals surface area contributed by atoms with Crippen molar-refractivity contribution in [3.8, 4) is 0 Å². The lowest BCUT2D eigenvalue weighted by molar-refractivity contribution is 0.0697. The smallest absolute Gasteiger partial charge is 0.335 e. The zero-order valence-electron chi connectivity index (χ0n) is 14.7. The van der Waals surface area contributed by atoms with E-state index >= 15 is 0 Å². The van der Waals surface area contributed by atoms with Gasteiger partial charge in [-0.25, -0.2) is 4.79 Å². The maximum atomic E-state index is 11.2. The fourth-order valence-electron chi connectivity index (χ4n) is 4.27. The second kappa shape index (κ2) is 6.16. The Morgan fingerprint density at radius 3 is 2.64 bits per heavy atom. The average molecular weight is 333 g/mol. The van der Waals surface area contributed by atoms with E-state index in [1.54, 1.807) is 12.1 Å². The van der Waals surface area contributed by atoms with Crippen molar-refractivity contribution in [3.05, 3.63) is 75.9 Å². The normalized spacial score (nSPS) is 19.7. The number of likely N-dealkylation sites (tertiary alicyclic amines) is 1. The standard InChI is InChI=1S/C22H23NO2/c1-3-23-11-10-18-20(13-23)17-9-4-14(2)12-19(17)21(18)15-5-7-16(8-6-15)22(24)25/h4-9,12,20H,3,10-11,13H2,1-2H3,(H,24,25). The van der Waals surface area contributed by atoms with Crippen molar-refractivity contribution in [1.29, 1.82) is 0 Å². The van der Waals surface area contributed by atoms with Gasteiger partial charge >= 0.3 is 5.97 Å². The third kappa shape index (κ3) is 2.69. The van der Waals surface area contributed by atoms with Crippen LogP contribution in [0.4, 0.5) is 0 Å². The van der Waals surface area contributed by atoms with E-state index in [2.05, 4.69) is 36.9 Å². The Morgan fingerprint density at radius 2 is 1.96 bits per heavy atom. The molecule has 4 rings (SSSR count). The molecule has 1 heterocycles. The highest BCUT2D eigenvalue weighted by atomic mass is 16.4. The van der Waals surface area contributed by atoms with Crippen LogP contribution < -0.4 is 0 Å². The van der Waals surface area contributed by atoms with E-state index < -0.39 is 5.97 Å². The summed E-state index contributed by atoms with van der Waals surface area (Å²) < 4.78 is 0. The number of fused-ring (bicyclic) bond motifs is 3. The monoisotopic (exact) mass is 333 g/mol. The molecular formula is C22H23NO2. The van der Waals surface area contributed by atoms with E-state index in [-0.39, 0.29) is 0 Å². The molecule has 1 aliphatic carbocycles. The third-order valence-electron chi connectivity index (χ3n) is 5.60. The summed E-state index contributed by atoms with van der Waals surface area (Å²) in [5.74, 6) is -0.403. The first-order chi connectivity index (χ1) is 12.1. The van der Waals surface area contributed by atoms with Gasteiger partial charge < -0.3 is 10.0 Å². The lowest BCUT2D eigenvalue weighted by Crippen LogP contribution is -2.34. The molecule has 3 heteroatoms. The van der Waals surface area contributed by atoms with Crippen LogP contribution in [0.1, 0.15) is 51.9 Å². The second-order valence-corrected chi connectivity index (χ2v) is 7.07. The molecule has 1 unspecified atom stereocenters. The largest absolute Gasteiger partial charge is 0.478 e. The van der Waals surface area contributed by atoms with Gasteiger partial charge in [-0.1, -0.05) is 48.4 Å². The molecule has 1 atom stereocenters. The van der Waals surface area contributed by atoms with Crippen molar-refractivity contribution in [2.75, 3.05) is 19.6 Å². The van der Waals surface area contributed by atoms with Gasteiger partial charge in [0.15, 0.2) is 0 Å². The lowest BCUT2D eigenvalue weighted by atomic mass is 9.89. The summed E-state index contributed by atoms with van der Waals surface area (Å²) in [7, 11) is 0. The molecule has 0 aromatic heterocycles. The molecule has 1 N–H and O–H groups in total. The van der Waals surface area contributed by atoms with Crippen LogP contribution in [0.25, 0.3) is 5.57 Å². The molecule has 0 spiro atoms. The summed E-state index contributed by atoms with van der Waals surface area (Å²) >= 11 is 0. The van der Waals surface area contributed by atoms with Gasteiger partial charge in [0.25, 0.3) is 0 Å². The summed E-state index contributed by atoms with van der Waals surface area (Å²) in [5, 5.41) is 9.16. The Morgan fingerprint density at radius 1 is 1.20 bits per heavy atom. The first kappa shape index (κ1) is 16.1. The fourth-order valence-corrected chi connectivity index (χ4v) is 4.27. The molecule has 1 fully saturated rings. The van der Waals surface area contributed by atoms with E-state index in [9.17, 15) is 4.79 Å². The van der Waals surface area contributed by atoms with Crippen molar-refractivity contribution in [3.63, 3.8) is 0 Å². The summed E-state index contributed by atoms with van der Waals surface area (Å²) in [6.45, 7) is 7.64. The van der Waals surface area contributed by atoms with E-state index in [1.165, 1.54) is 27.8 Å². The van der Waals surface area contributed by atoms with Crippen molar-refractivity contribution < 1.29 is 9.90 Å². The minimum absolute atomic E-state index is 0.342. The maximum absolute atomic E-state index is 11.2. The van der Waals surface area contributed by atoms with Crippen LogP contribution in [-0.2, 0) is 0 Å². The lowest BCUT2D eigenvalue weighted by Gasteiger charge is -2.32. The van der Waals surface area contributed by atoms with Crippen LogP contribution in [0.5, 0.6) is 0 Å². The zero-order chi connectivity index (χ0) is 17.6. The summed E-state index contributed by atoms with van der Waals surface area (Å²) in [6.07, 6.45) is 1.09. The predicted octanol–water partition coefficient (Wildman–Crippen LogP) is 4.32. The van der Waals surface area contributed by atoms with Crippen LogP contribution in [0, 0.1) is 6.92 Å². The number of likely N-dealkylation sites (N-methyl/N-ethyl adjacent to an activating group) is 1. The van der Waals surface area contributed by atoms with Crippen LogP contribution in [0.2, 0.25) is 0 Å². The third-order valence-corrected chi connectivity index (χ3v) is 5.60. The van der Waals surface area contributed by atoms with E-state index in [1.807, 2.05) is 12.1 Å². The van der Waals surface area contributed by atoms with Gasteiger partial charge in [-0.15, -0.1) is 0 Å².